The molecule has 0 atom stereocenters. The molecule has 1 aliphatic rings. The number of ether oxygens (including phenoxy) is 2. The van der Waals surface area contributed by atoms with E-state index >= 15 is 0 Å². The Bertz CT molecular complexity index is 2070. The van der Waals surface area contributed by atoms with Crippen molar-refractivity contribution < 1.29 is 41.0 Å². The lowest BCUT2D eigenvalue weighted by Crippen LogP contribution is -2.48. The third-order valence-electron chi connectivity index (χ3n) is 8.85. The number of carbonyl (C=O) groups is 2. The van der Waals surface area contributed by atoms with E-state index in [1.54, 1.807) is 31.3 Å². The average molecular weight is 789 g/mol. The second-order valence-electron chi connectivity index (χ2n) is 12.2. The minimum atomic E-state index is -2.53. The zero-order valence-electron chi connectivity index (χ0n) is 28.4. The predicted octanol–water partition coefficient (Wildman–Crippen LogP) is 7.55. The van der Waals surface area contributed by atoms with Crippen LogP contribution in [0.25, 0.3) is 10.9 Å². The summed E-state index contributed by atoms with van der Waals surface area (Å²) in [5.41, 5.74) is 1.29. The molecule has 2 amide bonds. The summed E-state index contributed by atoms with van der Waals surface area (Å²) in [5, 5.41) is 0.840. The lowest BCUT2D eigenvalue weighted by atomic mass is 10.1. The topological polar surface area (TPSA) is 80.1 Å². The van der Waals surface area contributed by atoms with Crippen LogP contribution in [0.2, 0.25) is 0 Å². The summed E-state index contributed by atoms with van der Waals surface area (Å²) in [6.07, 6.45) is -1.21. The smallest absolute Gasteiger partial charge is 0.272 e. The van der Waals surface area contributed by atoms with Gasteiger partial charge >= 0.3 is 0 Å². The van der Waals surface area contributed by atoms with Gasteiger partial charge in [-0.3, -0.25) is 14.5 Å². The van der Waals surface area contributed by atoms with E-state index in [0.29, 0.717) is 56.0 Å². The number of hydrogen-bond donors (Lipinski definition) is 0. The predicted molar refractivity (Wildman–Crippen MR) is 190 cm³/mol. The Morgan fingerprint density at radius 1 is 0.904 bits per heavy atom. The van der Waals surface area contributed by atoms with Gasteiger partial charge in [0.1, 0.15) is 29.6 Å². The molecule has 0 N–H and O–H groups in total. The minimum Gasteiger partial charge on any atom is -0.488 e. The highest BCUT2D eigenvalue weighted by Crippen LogP contribution is 2.29. The SMILES string of the molecule is Br.Cc1c(F)cc(C(=O)N(C)c2ccc(Oc3ccc4cc(C(=O)N5CCN(Cc6ccc(OCC(F)F)cc6)CC5)n(C)c4c3)nc2)c(F)c1F. The van der Waals surface area contributed by atoms with E-state index in [1.165, 1.54) is 25.4 Å². The number of amides is 2. The van der Waals surface area contributed by atoms with Gasteiger partial charge in [-0.1, -0.05) is 12.1 Å². The Kier molecular flexibility index (Phi) is 11.8. The molecule has 9 nitrogen and oxygen atoms in total. The Labute approximate surface area is 306 Å². The number of rotatable bonds is 10. The van der Waals surface area contributed by atoms with E-state index in [0.717, 1.165) is 28.3 Å². The highest BCUT2D eigenvalue weighted by atomic mass is 79.9. The van der Waals surface area contributed by atoms with Crippen LogP contribution in [-0.4, -0.2) is 77.4 Å². The molecule has 6 rings (SSSR count). The Morgan fingerprint density at radius 2 is 1.60 bits per heavy atom. The molecule has 0 bridgehead atoms. The number of carbonyl (C=O) groups excluding carboxylic acids is 2. The third kappa shape index (κ3) is 8.20. The number of benzene rings is 3. The maximum atomic E-state index is 14.4. The highest BCUT2D eigenvalue weighted by Gasteiger charge is 2.26. The van der Waals surface area contributed by atoms with Crippen molar-refractivity contribution in [2.24, 2.45) is 7.05 Å². The molecule has 15 heteroatoms. The monoisotopic (exact) mass is 787 g/mol. The summed E-state index contributed by atoms with van der Waals surface area (Å²) in [7, 11) is 3.14. The third-order valence-corrected chi connectivity index (χ3v) is 8.85. The average Bonchev–Trinajstić information content (AvgIpc) is 3.46. The van der Waals surface area contributed by atoms with Gasteiger partial charge in [-0.05, 0) is 55.0 Å². The number of pyridine rings is 1. The van der Waals surface area contributed by atoms with Gasteiger partial charge in [-0.25, -0.2) is 26.9 Å². The normalized spacial score (nSPS) is 13.3. The fraction of sp³-hybridized carbons (Fsp3) is 0.270. The molecular weight excluding hydrogens is 753 g/mol. The second-order valence-corrected chi connectivity index (χ2v) is 12.2. The van der Waals surface area contributed by atoms with Crippen LogP contribution in [0.3, 0.4) is 0 Å². The van der Waals surface area contributed by atoms with E-state index in [4.69, 9.17) is 9.47 Å². The van der Waals surface area contributed by atoms with Crippen molar-refractivity contribution in [3.63, 3.8) is 0 Å². The van der Waals surface area contributed by atoms with Crippen molar-refractivity contribution in [2.75, 3.05) is 44.7 Å². The van der Waals surface area contributed by atoms with Gasteiger partial charge in [0.05, 0.1) is 23.0 Å². The van der Waals surface area contributed by atoms with Crippen LogP contribution >= 0.6 is 17.0 Å². The van der Waals surface area contributed by atoms with Crippen molar-refractivity contribution in [1.82, 2.24) is 19.4 Å². The van der Waals surface area contributed by atoms with Crippen molar-refractivity contribution in [2.45, 2.75) is 19.9 Å². The number of alkyl halides is 2. The number of aromatic nitrogens is 2. The summed E-state index contributed by atoms with van der Waals surface area (Å²) < 4.78 is 80.0. The van der Waals surface area contributed by atoms with Gasteiger partial charge in [0.2, 0.25) is 5.88 Å². The molecule has 52 heavy (non-hydrogen) atoms. The number of nitrogens with zero attached hydrogens (tertiary/aromatic N) is 5. The van der Waals surface area contributed by atoms with Gasteiger partial charge in [-0.2, -0.15) is 0 Å². The quantitative estimate of drug-likeness (QED) is 0.108. The molecule has 0 saturated carbocycles. The molecule has 2 aromatic heterocycles. The summed E-state index contributed by atoms with van der Waals surface area (Å²) >= 11 is 0. The highest BCUT2D eigenvalue weighted by molar-refractivity contribution is 8.93. The first-order chi connectivity index (χ1) is 24.4. The molecule has 3 aromatic carbocycles. The minimum absolute atomic E-state index is 0. The molecule has 0 radical (unpaired) electrons. The van der Waals surface area contributed by atoms with E-state index < -0.39 is 47.5 Å². The van der Waals surface area contributed by atoms with Crippen LogP contribution in [0.4, 0.5) is 27.6 Å². The fourth-order valence-corrected chi connectivity index (χ4v) is 5.85. The maximum absolute atomic E-state index is 14.4. The molecule has 1 saturated heterocycles. The van der Waals surface area contributed by atoms with Gasteiger partial charge in [0.25, 0.3) is 18.2 Å². The zero-order chi connectivity index (χ0) is 36.4. The van der Waals surface area contributed by atoms with E-state index in [2.05, 4.69) is 9.88 Å². The van der Waals surface area contributed by atoms with Gasteiger partial charge in [-0.15, -0.1) is 17.0 Å². The second kappa shape index (κ2) is 16.1. The Morgan fingerprint density at radius 3 is 2.25 bits per heavy atom. The lowest BCUT2D eigenvalue weighted by Gasteiger charge is -2.34. The Balaban J connectivity index is 0.00000523. The summed E-state index contributed by atoms with van der Waals surface area (Å²) in [5.74, 6) is -3.89. The number of anilines is 1. The largest absolute Gasteiger partial charge is 0.488 e. The number of aryl methyl sites for hydroxylation is 1. The summed E-state index contributed by atoms with van der Waals surface area (Å²) in [6, 6.07) is 17.9. The fourth-order valence-electron chi connectivity index (χ4n) is 5.85. The zero-order valence-corrected chi connectivity index (χ0v) is 30.1. The Hall–Kier alpha value is -5.02. The molecule has 0 spiro atoms. The van der Waals surface area contributed by atoms with Crippen LogP contribution < -0.4 is 14.4 Å². The number of hydrogen-bond acceptors (Lipinski definition) is 6. The van der Waals surface area contributed by atoms with Crippen LogP contribution in [-0.2, 0) is 13.6 Å². The van der Waals surface area contributed by atoms with E-state index in [-0.39, 0.29) is 34.5 Å². The van der Waals surface area contributed by atoms with E-state index in [9.17, 15) is 31.5 Å². The van der Waals surface area contributed by atoms with Crippen molar-refractivity contribution in [3.8, 4) is 17.4 Å². The van der Waals surface area contributed by atoms with Gasteiger partial charge < -0.3 is 23.8 Å². The molecule has 0 aliphatic carbocycles. The van der Waals surface area contributed by atoms with Crippen molar-refractivity contribution in [1.29, 1.82) is 0 Å². The molecule has 274 valence electrons. The lowest BCUT2D eigenvalue weighted by molar-refractivity contribution is 0.0619. The van der Waals surface area contributed by atoms with Crippen molar-refractivity contribution >= 4 is 45.4 Å². The molecule has 1 aliphatic heterocycles. The molecule has 3 heterocycles. The molecule has 0 unspecified atom stereocenters. The molecule has 5 aromatic rings. The first-order valence-corrected chi connectivity index (χ1v) is 16.1. The first kappa shape index (κ1) is 38.2. The number of fused-ring (bicyclic) bond motifs is 1. The van der Waals surface area contributed by atoms with Crippen molar-refractivity contribution in [3.05, 3.63) is 113 Å². The van der Waals surface area contributed by atoms with Gasteiger partial charge in [0, 0.05) is 69.9 Å². The van der Waals surface area contributed by atoms with Gasteiger partial charge in [0.15, 0.2) is 11.6 Å². The van der Waals surface area contributed by atoms with Crippen LogP contribution in [0.15, 0.2) is 72.9 Å². The van der Waals surface area contributed by atoms with Crippen LogP contribution in [0.1, 0.15) is 32.0 Å². The maximum Gasteiger partial charge on any atom is 0.272 e. The summed E-state index contributed by atoms with van der Waals surface area (Å²) in [4.78, 5) is 35.7. The molecule has 1 fully saturated rings. The molecular formula is C37H35BrF5N5O4. The number of halogens is 6. The first-order valence-electron chi connectivity index (χ1n) is 16.1. The standard InChI is InChI=1S/C37H34F5N5O4.BrH/c1-22-29(38)18-28(35(42)34(22)41)36(48)44(2)25-7-11-33(43-19-25)51-27-10-6-24-16-31(45(3)30(24)17-27)37(49)47-14-12-46(13-15-47)20-23-4-8-26(9-5-23)50-21-32(39)40;/h4-11,16-19,32H,12-15,20-21H2,1-3H3;1H. The van der Waals surface area contributed by atoms with Crippen LogP contribution in [0.5, 0.6) is 17.4 Å². The van der Waals surface area contributed by atoms with Crippen LogP contribution in [0, 0.1) is 24.4 Å². The number of piperazine rings is 1. The van der Waals surface area contributed by atoms with E-state index in [1.807, 2.05) is 33.7 Å². The summed E-state index contributed by atoms with van der Waals surface area (Å²) in [6.45, 7) is 3.53.